The van der Waals surface area contributed by atoms with Gasteiger partial charge in [0, 0.05) is 30.4 Å². The Balaban J connectivity index is 1.67. The van der Waals surface area contributed by atoms with Crippen LogP contribution in [0.3, 0.4) is 0 Å². The second-order valence-corrected chi connectivity index (χ2v) is 4.51. The maximum Gasteiger partial charge on any atom is 0.0897 e. The van der Waals surface area contributed by atoms with Gasteiger partial charge in [-0.1, -0.05) is 5.21 Å². The van der Waals surface area contributed by atoms with E-state index in [1.54, 1.807) is 17.5 Å². The van der Waals surface area contributed by atoms with Gasteiger partial charge < -0.3 is 5.32 Å². The molecule has 2 rings (SSSR count). The van der Waals surface area contributed by atoms with E-state index in [-0.39, 0.29) is 0 Å². The van der Waals surface area contributed by atoms with Crippen molar-refractivity contribution in [3.63, 3.8) is 0 Å². The van der Waals surface area contributed by atoms with Crippen molar-refractivity contribution < 1.29 is 0 Å². The van der Waals surface area contributed by atoms with Crippen molar-refractivity contribution in [3.8, 4) is 0 Å². The summed E-state index contributed by atoms with van der Waals surface area (Å²) in [5, 5.41) is 12.1. The van der Waals surface area contributed by atoms with Crippen LogP contribution in [0.1, 0.15) is 9.88 Å². The van der Waals surface area contributed by atoms with Gasteiger partial charge in [-0.25, -0.2) is 4.98 Å². The summed E-state index contributed by atoms with van der Waals surface area (Å²) in [7, 11) is 0. The van der Waals surface area contributed by atoms with E-state index in [0.717, 1.165) is 24.6 Å². The Kier molecular flexibility index (Phi) is 3.41. The molecule has 80 valence electrons. The number of hydrogen-bond acceptors (Lipinski definition) is 5. The molecule has 5 nitrogen and oxygen atoms in total. The van der Waals surface area contributed by atoms with E-state index < -0.39 is 0 Å². The molecule has 2 aromatic heterocycles. The normalized spacial score (nSPS) is 10.7. The maximum atomic E-state index is 4.20. The van der Waals surface area contributed by atoms with E-state index in [0.29, 0.717) is 0 Å². The summed E-state index contributed by atoms with van der Waals surface area (Å²) in [6.45, 7) is 4.63. The smallest absolute Gasteiger partial charge is 0.0897 e. The van der Waals surface area contributed by atoms with Crippen LogP contribution in [0, 0.1) is 6.92 Å². The number of nitrogens with one attached hydrogen (secondary N) is 1. The minimum Gasteiger partial charge on any atom is -0.310 e. The molecule has 0 amide bonds. The number of rotatable bonds is 5. The molecule has 0 aliphatic heterocycles. The first-order valence-corrected chi connectivity index (χ1v) is 5.62. The molecule has 1 N–H and O–H groups in total. The molecule has 0 bridgehead atoms. The minimum atomic E-state index is 0.845. The minimum absolute atomic E-state index is 0.845. The average molecular weight is 223 g/mol. The van der Waals surface area contributed by atoms with Crippen LogP contribution in [0.2, 0.25) is 0 Å². The number of nitrogens with zero attached hydrogens (tertiary/aromatic N) is 4. The van der Waals surface area contributed by atoms with Crippen molar-refractivity contribution in [2.75, 3.05) is 6.54 Å². The zero-order valence-corrected chi connectivity index (χ0v) is 9.37. The molecule has 0 aliphatic rings. The molecule has 0 radical (unpaired) electrons. The summed E-state index contributed by atoms with van der Waals surface area (Å²) >= 11 is 1.73. The van der Waals surface area contributed by atoms with Gasteiger partial charge in [-0.05, 0) is 6.92 Å². The summed E-state index contributed by atoms with van der Waals surface area (Å²) in [5.41, 5.74) is 0. The van der Waals surface area contributed by atoms with Crippen LogP contribution >= 0.6 is 11.3 Å². The monoisotopic (exact) mass is 223 g/mol. The molecule has 0 fully saturated rings. The van der Waals surface area contributed by atoms with Crippen molar-refractivity contribution >= 4 is 11.3 Å². The van der Waals surface area contributed by atoms with Crippen molar-refractivity contribution in [2.24, 2.45) is 0 Å². The largest absolute Gasteiger partial charge is 0.310 e. The van der Waals surface area contributed by atoms with Gasteiger partial charge in [0.1, 0.15) is 0 Å². The molecular formula is C9H13N5S. The zero-order chi connectivity index (χ0) is 10.5. The van der Waals surface area contributed by atoms with E-state index in [2.05, 4.69) is 20.6 Å². The van der Waals surface area contributed by atoms with Crippen LogP contribution in [0.15, 0.2) is 18.6 Å². The molecule has 15 heavy (non-hydrogen) atoms. The molecule has 0 aromatic carbocycles. The number of aryl methyl sites for hydroxylation is 1. The third kappa shape index (κ3) is 3.10. The second kappa shape index (κ2) is 4.99. The SMILES string of the molecule is Cc1ncc(CNCCn2ccnn2)s1. The fourth-order valence-electron chi connectivity index (χ4n) is 1.24. The first kappa shape index (κ1) is 10.3. The van der Waals surface area contributed by atoms with Gasteiger partial charge in [0.15, 0.2) is 0 Å². The lowest BCUT2D eigenvalue weighted by atomic mass is 10.5. The maximum absolute atomic E-state index is 4.20. The second-order valence-electron chi connectivity index (χ2n) is 3.19. The Hall–Kier alpha value is -1.27. The summed E-state index contributed by atoms with van der Waals surface area (Å²) in [4.78, 5) is 5.47. The van der Waals surface area contributed by atoms with Crippen LogP contribution in [0.4, 0.5) is 0 Å². The number of aromatic nitrogens is 4. The average Bonchev–Trinajstić information content (AvgIpc) is 2.84. The highest BCUT2D eigenvalue weighted by Crippen LogP contribution is 2.10. The summed E-state index contributed by atoms with van der Waals surface area (Å²) < 4.78 is 1.81. The van der Waals surface area contributed by atoms with Gasteiger partial charge in [-0.3, -0.25) is 4.68 Å². The van der Waals surface area contributed by atoms with Crippen molar-refractivity contribution in [1.29, 1.82) is 0 Å². The fraction of sp³-hybridized carbons (Fsp3) is 0.444. The van der Waals surface area contributed by atoms with E-state index in [9.17, 15) is 0 Å². The Morgan fingerprint density at radius 2 is 2.47 bits per heavy atom. The van der Waals surface area contributed by atoms with E-state index in [1.165, 1.54) is 4.88 Å². The molecule has 6 heteroatoms. The number of thiazole rings is 1. The summed E-state index contributed by atoms with van der Waals surface area (Å²) in [6, 6.07) is 0. The lowest BCUT2D eigenvalue weighted by Crippen LogP contribution is -2.19. The molecule has 0 aliphatic carbocycles. The van der Waals surface area contributed by atoms with Crippen molar-refractivity contribution in [3.05, 3.63) is 28.5 Å². The molecule has 0 spiro atoms. The van der Waals surface area contributed by atoms with E-state index in [4.69, 9.17) is 0 Å². The summed E-state index contributed by atoms with van der Waals surface area (Å²) in [5.74, 6) is 0. The van der Waals surface area contributed by atoms with Gasteiger partial charge in [0.2, 0.25) is 0 Å². The van der Waals surface area contributed by atoms with Crippen LogP contribution < -0.4 is 5.32 Å². The van der Waals surface area contributed by atoms with Crippen molar-refractivity contribution in [2.45, 2.75) is 20.0 Å². The first-order chi connectivity index (χ1) is 7.34. The Morgan fingerprint density at radius 3 is 3.13 bits per heavy atom. The zero-order valence-electron chi connectivity index (χ0n) is 8.55. The lowest BCUT2D eigenvalue weighted by Gasteiger charge is -2.01. The molecular weight excluding hydrogens is 210 g/mol. The first-order valence-electron chi connectivity index (χ1n) is 4.81. The summed E-state index contributed by atoms with van der Waals surface area (Å²) in [6.07, 6.45) is 5.47. The van der Waals surface area contributed by atoms with Crippen molar-refractivity contribution in [1.82, 2.24) is 25.3 Å². The number of hydrogen-bond donors (Lipinski definition) is 1. The standard InChI is InChI=1S/C9H13N5S/c1-8-11-7-9(15-8)6-10-2-4-14-5-3-12-13-14/h3,5,7,10H,2,4,6H2,1H3. The Morgan fingerprint density at radius 1 is 1.53 bits per heavy atom. The Bertz CT molecular complexity index is 394. The molecule has 2 heterocycles. The predicted octanol–water partition coefficient (Wildman–Crippen LogP) is 0.833. The third-order valence-electron chi connectivity index (χ3n) is 1.96. The highest BCUT2D eigenvalue weighted by molar-refractivity contribution is 7.11. The van der Waals surface area contributed by atoms with Crippen LogP contribution in [0.25, 0.3) is 0 Å². The van der Waals surface area contributed by atoms with Gasteiger partial charge in [-0.2, -0.15) is 0 Å². The molecule has 2 aromatic rings. The molecule has 0 saturated heterocycles. The van der Waals surface area contributed by atoms with Gasteiger partial charge in [0.05, 0.1) is 17.7 Å². The highest BCUT2D eigenvalue weighted by Gasteiger charge is 1.97. The van der Waals surface area contributed by atoms with Gasteiger partial charge >= 0.3 is 0 Å². The van der Waals surface area contributed by atoms with Gasteiger partial charge in [-0.15, -0.1) is 16.4 Å². The topological polar surface area (TPSA) is 55.6 Å². The molecule has 0 unspecified atom stereocenters. The van der Waals surface area contributed by atoms with Gasteiger partial charge in [0.25, 0.3) is 0 Å². The van der Waals surface area contributed by atoms with E-state index >= 15 is 0 Å². The lowest BCUT2D eigenvalue weighted by molar-refractivity contribution is 0.541. The quantitative estimate of drug-likeness (QED) is 0.763. The highest BCUT2D eigenvalue weighted by atomic mass is 32.1. The predicted molar refractivity (Wildman–Crippen MR) is 58.6 cm³/mol. The molecule has 0 saturated carbocycles. The van der Waals surface area contributed by atoms with E-state index in [1.807, 2.05) is 24.0 Å². The fourth-order valence-corrected chi connectivity index (χ4v) is 2.01. The Labute approximate surface area is 92.2 Å². The molecule has 0 atom stereocenters. The van der Waals surface area contributed by atoms with Crippen LogP contribution in [-0.2, 0) is 13.1 Å². The third-order valence-corrected chi connectivity index (χ3v) is 2.87. The van der Waals surface area contributed by atoms with Crippen LogP contribution in [0.5, 0.6) is 0 Å². The van der Waals surface area contributed by atoms with Crippen LogP contribution in [-0.4, -0.2) is 26.5 Å².